The first-order valence-corrected chi connectivity index (χ1v) is 9.70. The first kappa shape index (κ1) is 18.2. The maximum absolute atomic E-state index is 12.4. The van der Waals surface area contributed by atoms with Crippen LogP contribution >= 0.6 is 11.5 Å². The van der Waals surface area contributed by atoms with Crippen LogP contribution in [0.15, 0.2) is 4.90 Å². The van der Waals surface area contributed by atoms with Gasteiger partial charge in [0.05, 0.1) is 12.4 Å². The van der Waals surface area contributed by atoms with E-state index in [2.05, 4.69) is 4.37 Å². The van der Waals surface area contributed by atoms with Gasteiger partial charge in [-0.15, -0.1) is 0 Å². The molecule has 1 aromatic heterocycles. The average Bonchev–Trinajstić information content (AvgIpc) is 2.81. The van der Waals surface area contributed by atoms with E-state index in [1.807, 2.05) is 25.7 Å². The summed E-state index contributed by atoms with van der Waals surface area (Å²) in [5.41, 5.74) is 5.81. The zero-order chi connectivity index (χ0) is 16.0. The average molecular weight is 335 g/mol. The third-order valence-corrected chi connectivity index (χ3v) is 6.43. The van der Waals surface area contributed by atoms with Crippen LogP contribution in [0.4, 0.5) is 10.8 Å². The van der Waals surface area contributed by atoms with Crippen LogP contribution in [-0.4, -0.2) is 42.8 Å². The molecule has 0 unspecified atom stereocenters. The lowest BCUT2D eigenvalue weighted by molar-refractivity contribution is 0.296. The van der Waals surface area contributed by atoms with Crippen LogP contribution in [0.25, 0.3) is 0 Å². The highest BCUT2D eigenvalue weighted by atomic mass is 32.2. The topological polar surface area (TPSA) is 96.5 Å². The second-order valence-corrected chi connectivity index (χ2v) is 7.71. The van der Waals surface area contributed by atoms with Crippen LogP contribution in [0.1, 0.15) is 40.0 Å². The number of rotatable bonds is 9. The lowest BCUT2D eigenvalue weighted by Crippen LogP contribution is -2.37. The monoisotopic (exact) mass is 335 g/mol. The SMILES string of the molecule is CCCS(=O)(=O)c1c(N)nsc1N(CCO)C(CC)CC. The van der Waals surface area contributed by atoms with Crippen LogP contribution in [-0.2, 0) is 9.84 Å². The number of hydrogen-bond donors (Lipinski definition) is 2. The number of nitrogen functional groups attached to an aromatic ring is 1. The summed E-state index contributed by atoms with van der Waals surface area (Å²) >= 11 is 1.10. The Balaban J connectivity index is 3.34. The Morgan fingerprint density at radius 1 is 1.33 bits per heavy atom. The fraction of sp³-hybridized carbons (Fsp3) is 0.769. The van der Waals surface area contributed by atoms with E-state index in [0.717, 1.165) is 24.4 Å². The summed E-state index contributed by atoms with van der Waals surface area (Å²) < 4.78 is 28.9. The lowest BCUT2D eigenvalue weighted by atomic mass is 10.1. The molecule has 0 aliphatic rings. The van der Waals surface area contributed by atoms with Crippen molar-refractivity contribution in [3.8, 4) is 0 Å². The molecule has 1 aromatic rings. The van der Waals surface area contributed by atoms with E-state index in [1.165, 1.54) is 0 Å². The summed E-state index contributed by atoms with van der Waals surface area (Å²) in [5, 5.41) is 9.86. The van der Waals surface area contributed by atoms with Crippen molar-refractivity contribution in [2.75, 3.05) is 29.5 Å². The summed E-state index contributed by atoms with van der Waals surface area (Å²) in [6, 6.07) is 0.160. The Kier molecular flexibility index (Phi) is 6.89. The molecule has 6 nitrogen and oxygen atoms in total. The molecule has 1 heterocycles. The van der Waals surface area contributed by atoms with Crippen molar-refractivity contribution in [3.63, 3.8) is 0 Å². The number of nitrogens with two attached hydrogens (primary N) is 1. The molecule has 8 heteroatoms. The van der Waals surface area contributed by atoms with Gasteiger partial charge < -0.3 is 15.7 Å². The zero-order valence-corrected chi connectivity index (χ0v) is 14.5. The fourth-order valence-corrected chi connectivity index (χ4v) is 5.27. The van der Waals surface area contributed by atoms with Crippen LogP contribution < -0.4 is 10.6 Å². The molecular weight excluding hydrogens is 310 g/mol. The quantitative estimate of drug-likeness (QED) is 0.715. The van der Waals surface area contributed by atoms with Gasteiger partial charge >= 0.3 is 0 Å². The van der Waals surface area contributed by atoms with Gasteiger partial charge in [0.1, 0.15) is 9.90 Å². The molecule has 0 aromatic carbocycles. The maximum atomic E-state index is 12.4. The molecule has 0 bridgehead atoms. The van der Waals surface area contributed by atoms with Gasteiger partial charge in [-0.25, -0.2) is 8.42 Å². The van der Waals surface area contributed by atoms with Gasteiger partial charge in [0.15, 0.2) is 15.7 Å². The first-order valence-electron chi connectivity index (χ1n) is 7.28. The van der Waals surface area contributed by atoms with Crippen molar-refractivity contribution in [2.45, 2.75) is 51.0 Å². The van der Waals surface area contributed by atoms with E-state index in [0.29, 0.717) is 18.0 Å². The van der Waals surface area contributed by atoms with Gasteiger partial charge in [-0.2, -0.15) is 4.37 Å². The Labute approximate surface area is 131 Å². The van der Waals surface area contributed by atoms with Gasteiger partial charge in [-0.05, 0) is 30.8 Å². The summed E-state index contributed by atoms with van der Waals surface area (Å²) in [7, 11) is -3.44. The van der Waals surface area contributed by atoms with Crippen LogP contribution in [0.2, 0.25) is 0 Å². The molecule has 1 rings (SSSR count). The van der Waals surface area contributed by atoms with E-state index in [1.54, 1.807) is 0 Å². The molecule has 0 aliphatic heterocycles. The van der Waals surface area contributed by atoms with E-state index >= 15 is 0 Å². The molecule has 0 saturated heterocycles. The number of aromatic nitrogens is 1. The number of hydrogen-bond acceptors (Lipinski definition) is 7. The van der Waals surface area contributed by atoms with Crippen molar-refractivity contribution < 1.29 is 13.5 Å². The van der Waals surface area contributed by atoms with Crippen molar-refractivity contribution in [2.24, 2.45) is 0 Å². The molecule has 21 heavy (non-hydrogen) atoms. The minimum absolute atomic E-state index is 0.0401. The van der Waals surface area contributed by atoms with Crippen LogP contribution in [0, 0.1) is 0 Å². The molecule has 0 radical (unpaired) electrons. The van der Waals surface area contributed by atoms with E-state index in [-0.39, 0.29) is 29.1 Å². The number of anilines is 2. The van der Waals surface area contributed by atoms with Crippen molar-refractivity contribution in [3.05, 3.63) is 0 Å². The van der Waals surface area contributed by atoms with Crippen molar-refractivity contribution in [1.29, 1.82) is 0 Å². The summed E-state index contributed by atoms with van der Waals surface area (Å²) in [5.74, 6) is 0.121. The highest BCUT2D eigenvalue weighted by molar-refractivity contribution is 7.91. The summed E-state index contributed by atoms with van der Waals surface area (Å²) in [6.07, 6.45) is 2.26. The normalized spacial score (nSPS) is 12.0. The van der Waals surface area contributed by atoms with Crippen molar-refractivity contribution in [1.82, 2.24) is 4.37 Å². The molecular formula is C13H25N3O3S2. The molecule has 3 N–H and O–H groups in total. The zero-order valence-electron chi connectivity index (χ0n) is 12.9. The molecule has 122 valence electrons. The highest BCUT2D eigenvalue weighted by Gasteiger charge is 2.30. The molecule has 0 aliphatic carbocycles. The second kappa shape index (κ2) is 7.95. The standard InChI is InChI=1S/C13H25N3O3S2/c1-4-9-21(18,19)11-12(14)15-20-13(11)16(7-8-17)10(5-2)6-3/h10,17H,4-9H2,1-3H3,(H2,14,15). The minimum Gasteiger partial charge on any atom is -0.395 e. The number of aliphatic hydroxyl groups excluding tert-OH is 1. The third kappa shape index (κ3) is 4.08. The lowest BCUT2D eigenvalue weighted by Gasteiger charge is -2.31. The maximum Gasteiger partial charge on any atom is 0.185 e. The smallest absolute Gasteiger partial charge is 0.185 e. The Morgan fingerprint density at radius 3 is 2.43 bits per heavy atom. The van der Waals surface area contributed by atoms with Gasteiger partial charge in [0.25, 0.3) is 0 Å². The number of aliphatic hydroxyl groups is 1. The second-order valence-electron chi connectivity index (χ2n) is 4.91. The van der Waals surface area contributed by atoms with Crippen LogP contribution in [0.5, 0.6) is 0 Å². The molecule has 0 amide bonds. The van der Waals surface area contributed by atoms with E-state index in [4.69, 9.17) is 5.73 Å². The molecule has 0 saturated carbocycles. The predicted molar refractivity (Wildman–Crippen MR) is 87.7 cm³/mol. The minimum atomic E-state index is -3.44. The summed E-state index contributed by atoms with van der Waals surface area (Å²) in [4.78, 5) is 2.06. The van der Waals surface area contributed by atoms with Gasteiger partial charge in [0, 0.05) is 12.6 Å². The van der Waals surface area contributed by atoms with Gasteiger partial charge in [-0.3, -0.25) is 0 Å². The van der Waals surface area contributed by atoms with Gasteiger partial charge in [0.2, 0.25) is 0 Å². The fourth-order valence-electron chi connectivity index (χ4n) is 2.42. The Bertz CT molecular complexity index is 539. The summed E-state index contributed by atoms with van der Waals surface area (Å²) in [6.45, 7) is 6.25. The van der Waals surface area contributed by atoms with E-state index in [9.17, 15) is 13.5 Å². The van der Waals surface area contributed by atoms with Crippen molar-refractivity contribution >= 4 is 32.2 Å². The van der Waals surface area contributed by atoms with Crippen LogP contribution in [0.3, 0.4) is 0 Å². The molecule has 0 spiro atoms. The molecule has 0 atom stereocenters. The number of sulfone groups is 1. The number of nitrogens with zero attached hydrogens (tertiary/aromatic N) is 2. The molecule has 0 fully saturated rings. The largest absolute Gasteiger partial charge is 0.395 e. The highest BCUT2D eigenvalue weighted by Crippen LogP contribution is 2.37. The Hall–Kier alpha value is -0.860. The van der Waals surface area contributed by atoms with Gasteiger partial charge in [-0.1, -0.05) is 20.8 Å². The van der Waals surface area contributed by atoms with E-state index < -0.39 is 9.84 Å². The first-order chi connectivity index (χ1) is 9.92. The Morgan fingerprint density at radius 2 is 1.95 bits per heavy atom. The predicted octanol–water partition coefficient (Wildman–Crippen LogP) is 1.90. The third-order valence-electron chi connectivity index (χ3n) is 3.43.